The normalized spacial score (nSPS) is 22.3. The number of halogens is 2. The van der Waals surface area contributed by atoms with Crippen molar-refractivity contribution in [3.8, 4) is 23.0 Å². The van der Waals surface area contributed by atoms with Gasteiger partial charge < -0.3 is 39.6 Å². The largest absolute Gasteiger partial charge is 1.00 e. The summed E-state index contributed by atoms with van der Waals surface area (Å²) in [6, 6.07) is 16.1. The van der Waals surface area contributed by atoms with Gasteiger partial charge in [-0.25, -0.2) is 8.78 Å². The van der Waals surface area contributed by atoms with Crippen molar-refractivity contribution in [3.63, 3.8) is 0 Å². The molecule has 2 N–H and O–H groups in total. The summed E-state index contributed by atoms with van der Waals surface area (Å²) in [6.45, 7) is 13.8. The van der Waals surface area contributed by atoms with Crippen LogP contribution in [0.15, 0.2) is 66.9 Å². The smallest absolute Gasteiger partial charge is 0.850 e. The monoisotopic (exact) mass is 934 g/mol. The molecule has 3 aliphatic carbocycles. The molecule has 0 bridgehead atoms. The van der Waals surface area contributed by atoms with Gasteiger partial charge in [0.05, 0.1) is 25.8 Å². The maximum atomic E-state index is 15.4. The number of aromatic nitrogens is 1. The van der Waals surface area contributed by atoms with Gasteiger partial charge >= 0.3 is 51.4 Å². The summed E-state index contributed by atoms with van der Waals surface area (Å²) >= 11 is 0. The number of methoxy groups -OCH3 is 1. The van der Waals surface area contributed by atoms with E-state index in [0.29, 0.717) is 59.1 Å². The molecule has 3 heterocycles. The van der Waals surface area contributed by atoms with Gasteiger partial charge in [0.1, 0.15) is 23.1 Å². The number of hydrogen-bond acceptors (Lipinski definition) is 10. The zero-order chi connectivity index (χ0) is 45.4. The maximum Gasteiger partial charge on any atom is 1.00 e. The summed E-state index contributed by atoms with van der Waals surface area (Å²) in [7, 11) is 1.58. The van der Waals surface area contributed by atoms with Crippen molar-refractivity contribution in [2.75, 3.05) is 57.1 Å². The summed E-state index contributed by atoms with van der Waals surface area (Å²) in [6.07, 6.45) is 11.7. The van der Waals surface area contributed by atoms with E-state index < -0.39 is 34.5 Å². The SMILES string of the molecule is CC(C)(C)[O-].CC1CC(N2CCOCC2)C1.COc1cc2c(Oc3ccc(NC(=O)C4(C(=O)Nc5ccc(F)cc5)CCC4)cc3F)ccnc2cc1OC1CC(N2CCCCC2)C1.[B].[K+]. The van der Waals surface area contributed by atoms with Crippen LogP contribution in [0.1, 0.15) is 91.9 Å². The molecule has 2 amide bonds. The van der Waals surface area contributed by atoms with Gasteiger partial charge in [-0.15, -0.1) is 5.60 Å². The number of morpholine rings is 1. The number of likely N-dealkylation sites (tertiary alicyclic amines) is 1. The zero-order valence-corrected chi connectivity index (χ0v) is 42.6. The molecular formula is C50H64BF2KN5O7. The summed E-state index contributed by atoms with van der Waals surface area (Å²) in [5.41, 5.74) is -0.861. The van der Waals surface area contributed by atoms with Crippen LogP contribution < -0.4 is 81.3 Å². The summed E-state index contributed by atoms with van der Waals surface area (Å²) in [5.74, 6) is 0.299. The summed E-state index contributed by atoms with van der Waals surface area (Å²) in [4.78, 5) is 36.0. The molecule has 0 unspecified atom stereocenters. The molecule has 0 spiro atoms. The van der Waals surface area contributed by atoms with Crippen molar-refractivity contribution in [2.45, 2.75) is 116 Å². The van der Waals surface area contributed by atoms with Gasteiger partial charge in [0.15, 0.2) is 23.1 Å². The van der Waals surface area contributed by atoms with Crippen molar-refractivity contribution < 1.29 is 93.8 Å². The Bertz CT molecular complexity index is 2200. The molecule has 66 heavy (non-hydrogen) atoms. The summed E-state index contributed by atoms with van der Waals surface area (Å²) in [5, 5.41) is 16.1. The second-order valence-electron chi connectivity index (χ2n) is 18.9. The van der Waals surface area contributed by atoms with Gasteiger partial charge in [-0.3, -0.25) is 19.5 Å². The second kappa shape index (κ2) is 24.4. The van der Waals surface area contributed by atoms with E-state index in [2.05, 4.69) is 32.3 Å². The van der Waals surface area contributed by atoms with Crippen LogP contribution in [0, 0.1) is 23.0 Å². The molecule has 5 aliphatic rings. The molecule has 2 aliphatic heterocycles. The van der Waals surface area contributed by atoms with Gasteiger partial charge in [-0.2, -0.15) is 0 Å². The minimum absolute atomic E-state index is 0. The predicted molar refractivity (Wildman–Crippen MR) is 248 cm³/mol. The summed E-state index contributed by atoms with van der Waals surface area (Å²) < 4.78 is 52.0. The average Bonchev–Trinajstić information content (AvgIpc) is 3.22. The molecule has 2 saturated heterocycles. The van der Waals surface area contributed by atoms with Crippen LogP contribution >= 0.6 is 0 Å². The Labute approximate surface area is 433 Å². The number of rotatable bonds is 11. The van der Waals surface area contributed by atoms with E-state index >= 15 is 4.39 Å². The molecule has 349 valence electrons. The number of piperidine rings is 1. The number of hydrogen-bond donors (Lipinski definition) is 2. The number of amides is 2. The van der Waals surface area contributed by atoms with Gasteiger partial charge in [-0.1, -0.05) is 40.5 Å². The number of carbonyl (C=O) groups excluding carboxylic acids is 2. The van der Waals surface area contributed by atoms with Crippen LogP contribution in [-0.4, -0.2) is 105 Å². The van der Waals surface area contributed by atoms with Crippen LogP contribution in [-0.2, 0) is 14.3 Å². The standard InChI is InChI=1S/C37H38F2N4O5.C9H17NO.C4H9O.B.K/c1-46-33-21-28-30(22-34(33)47-27-19-26(20-27)43-16-3-2-4-17-43)40-15-12-31(28)48-32-11-10-25(18-29(32)39)42-36(45)37(13-5-14-37)35(44)41-24-8-6-23(38)7-9-24;1-8-6-9(7-8)10-2-4-11-5-3-10;1-4(2,3)5;;/h6-12,15,18,21-22,26-27H,2-5,13-14,16-17,19-20H2,1H3,(H,41,44)(H,42,45);8-9H,2-7H2,1H3;1-3H3;;/q;;-1;;+1. The van der Waals surface area contributed by atoms with Gasteiger partial charge in [0.2, 0.25) is 11.8 Å². The van der Waals surface area contributed by atoms with E-state index in [1.807, 2.05) is 6.07 Å². The number of pyridine rings is 1. The van der Waals surface area contributed by atoms with Gasteiger partial charge in [-0.05, 0) is 106 Å². The number of benzene rings is 3. The van der Waals surface area contributed by atoms with E-state index in [4.69, 9.17) is 18.9 Å². The molecule has 3 saturated carbocycles. The number of anilines is 2. The third kappa shape index (κ3) is 14.2. The second-order valence-corrected chi connectivity index (χ2v) is 18.9. The van der Waals surface area contributed by atoms with Crippen molar-refractivity contribution in [3.05, 3.63) is 78.5 Å². The fourth-order valence-electron chi connectivity index (χ4n) is 8.87. The Kier molecular flexibility index (Phi) is 19.9. The zero-order valence-electron chi connectivity index (χ0n) is 39.5. The number of fused-ring (bicyclic) bond motifs is 1. The Hall–Kier alpha value is -3.19. The van der Waals surface area contributed by atoms with E-state index in [9.17, 15) is 19.1 Å². The predicted octanol–water partition coefficient (Wildman–Crippen LogP) is 5.34. The van der Waals surface area contributed by atoms with Crippen molar-refractivity contribution in [2.24, 2.45) is 11.3 Å². The van der Waals surface area contributed by atoms with Crippen LogP contribution in [0.25, 0.3) is 10.9 Å². The Balaban J connectivity index is 0.000000383. The minimum atomic E-state index is -1.30. The Morgan fingerprint density at radius 1 is 0.773 bits per heavy atom. The first-order chi connectivity index (χ1) is 30.7. The molecule has 3 aromatic carbocycles. The minimum Gasteiger partial charge on any atom is -0.850 e. The Morgan fingerprint density at radius 2 is 1.36 bits per heavy atom. The maximum absolute atomic E-state index is 15.4. The molecule has 1 aromatic heterocycles. The van der Waals surface area contributed by atoms with Crippen molar-refractivity contribution in [1.29, 1.82) is 0 Å². The number of ether oxygens (including phenoxy) is 4. The molecule has 12 nitrogen and oxygen atoms in total. The van der Waals surface area contributed by atoms with Crippen LogP contribution in [0.3, 0.4) is 0 Å². The van der Waals surface area contributed by atoms with E-state index in [-0.39, 0.29) is 77.3 Å². The molecule has 0 atom stereocenters. The fourth-order valence-corrected chi connectivity index (χ4v) is 8.87. The van der Waals surface area contributed by atoms with Crippen LogP contribution in [0.5, 0.6) is 23.0 Å². The van der Waals surface area contributed by atoms with Gasteiger partial charge in [0, 0.05) is 81.5 Å². The average molecular weight is 935 g/mol. The number of nitrogens with one attached hydrogen (secondary N) is 2. The van der Waals surface area contributed by atoms with Gasteiger partial charge in [0.25, 0.3) is 0 Å². The first-order valence-electron chi connectivity index (χ1n) is 22.9. The first-order valence-corrected chi connectivity index (χ1v) is 22.9. The third-order valence-electron chi connectivity index (χ3n) is 12.8. The van der Waals surface area contributed by atoms with Crippen LogP contribution in [0.2, 0.25) is 0 Å². The molecule has 5 fully saturated rings. The van der Waals surface area contributed by atoms with Crippen molar-refractivity contribution in [1.82, 2.24) is 14.8 Å². The molecular weight excluding hydrogens is 870 g/mol. The Morgan fingerprint density at radius 3 is 1.94 bits per heavy atom. The first kappa shape index (κ1) is 53.8. The van der Waals surface area contributed by atoms with E-state index in [0.717, 1.165) is 57.2 Å². The molecule has 4 aromatic rings. The quantitative estimate of drug-likeness (QED) is 0.150. The van der Waals surface area contributed by atoms with E-state index in [1.165, 1.54) is 81.6 Å². The van der Waals surface area contributed by atoms with E-state index in [1.54, 1.807) is 46.2 Å². The number of nitrogens with zero attached hydrogens (tertiary/aromatic N) is 3. The van der Waals surface area contributed by atoms with Crippen LogP contribution in [0.4, 0.5) is 20.2 Å². The molecule has 3 radical (unpaired) electrons. The number of carbonyl (C=O) groups is 2. The molecule has 9 rings (SSSR count). The fraction of sp³-hybridized carbons (Fsp3) is 0.540. The topological polar surface area (TPSA) is 138 Å². The third-order valence-corrected chi connectivity index (χ3v) is 12.8. The molecule has 16 heteroatoms. The van der Waals surface area contributed by atoms with Crippen molar-refractivity contribution >= 4 is 42.5 Å².